The summed E-state index contributed by atoms with van der Waals surface area (Å²) < 4.78 is 0.398. The molecule has 0 aliphatic rings. The van der Waals surface area contributed by atoms with Crippen molar-refractivity contribution in [3.63, 3.8) is 0 Å². The smallest absolute Gasteiger partial charge is 0.114 e. The SMILES string of the molecule is CCCCC[N+](C)(CCCCN)O[NH+](C)[O-]. The molecule has 0 aromatic rings. The highest BCUT2D eigenvalue weighted by Gasteiger charge is 2.26. The molecule has 0 rings (SSSR count). The van der Waals surface area contributed by atoms with Crippen LogP contribution in [0.25, 0.3) is 0 Å². The lowest BCUT2D eigenvalue weighted by atomic mass is 10.2. The normalized spacial score (nSPS) is 17.1. The van der Waals surface area contributed by atoms with Gasteiger partial charge in [-0.25, -0.2) is 0 Å². The first kappa shape index (κ1) is 15.8. The van der Waals surface area contributed by atoms with Crippen LogP contribution in [0.4, 0.5) is 0 Å². The Labute approximate surface area is 99.2 Å². The molecule has 0 aliphatic heterocycles. The molecule has 0 radical (unpaired) electrons. The average Bonchev–Trinajstić information content (AvgIpc) is 2.17. The molecular formula is C11H28N3O2+. The molecule has 98 valence electrons. The van der Waals surface area contributed by atoms with Crippen LogP contribution in [0, 0.1) is 5.21 Å². The first-order valence-electron chi connectivity index (χ1n) is 6.29. The molecule has 0 heterocycles. The lowest BCUT2D eigenvalue weighted by Crippen LogP contribution is -3.05. The van der Waals surface area contributed by atoms with Gasteiger partial charge in [0.15, 0.2) is 0 Å². The third kappa shape index (κ3) is 8.01. The molecule has 0 aromatic heterocycles. The van der Waals surface area contributed by atoms with Crippen molar-refractivity contribution in [1.82, 2.24) is 0 Å². The van der Waals surface area contributed by atoms with Crippen molar-refractivity contribution in [1.29, 1.82) is 0 Å². The molecule has 2 unspecified atom stereocenters. The number of nitrogens with one attached hydrogen (secondary N) is 1. The highest BCUT2D eigenvalue weighted by molar-refractivity contribution is 4.41. The van der Waals surface area contributed by atoms with Gasteiger partial charge in [-0.3, -0.25) is 0 Å². The number of rotatable bonds is 10. The van der Waals surface area contributed by atoms with Gasteiger partial charge in [0.25, 0.3) is 0 Å². The molecule has 5 nitrogen and oxygen atoms in total. The molecule has 0 spiro atoms. The lowest BCUT2D eigenvalue weighted by Gasteiger charge is -2.31. The number of nitrogens with zero attached hydrogens (tertiary/aromatic N) is 1. The highest BCUT2D eigenvalue weighted by atomic mass is 17.0. The third-order valence-electron chi connectivity index (χ3n) is 2.67. The van der Waals surface area contributed by atoms with Crippen LogP contribution in [0.15, 0.2) is 0 Å². The van der Waals surface area contributed by atoms with E-state index in [2.05, 4.69) is 6.92 Å². The van der Waals surface area contributed by atoms with Crippen LogP contribution in [0.3, 0.4) is 0 Å². The van der Waals surface area contributed by atoms with Crippen LogP contribution in [0.2, 0.25) is 0 Å². The summed E-state index contributed by atoms with van der Waals surface area (Å²) in [5.74, 6) is 0. The monoisotopic (exact) mass is 234 g/mol. The fraction of sp³-hybridized carbons (Fsp3) is 1.00. The molecule has 0 saturated carbocycles. The highest BCUT2D eigenvalue weighted by Crippen LogP contribution is 2.08. The second-order valence-electron chi connectivity index (χ2n) is 4.53. The zero-order chi connectivity index (χ0) is 12.4. The van der Waals surface area contributed by atoms with Gasteiger partial charge in [-0.1, -0.05) is 13.3 Å². The maximum atomic E-state index is 11.1. The molecule has 5 heteroatoms. The van der Waals surface area contributed by atoms with Gasteiger partial charge < -0.3 is 10.9 Å². The Morgan fingerprint density at radius 1 is 1.19 bits per heavy atom. The van der Waals surface area contributed by atoms with Gasteiger partial charge in [-0.15, -0.1) is 4.65 Å². The van der Waals surface area contributed by atoms with Gasteiger partial charge in [0, 0.05) is 6.42 Å². The number of hydroxylamine groups is 5. The van der Waals surface area contributed by atoms with Gasteiger partial charge in [-0.2, -0.15) is 5.23 Å². The maximum Gasteiger partial charge on any atom is 0.114 e. The van der Waals surface area contributed by atoms with Crippen LogP contribution in [0.5, 0.6) is 0 Å². The van der Waals surface area contributed by atoms with Gasteiger partial charge in [-0.05, 0) is 30.7 Å². The van der Waals surface area contributed by atoms with E-state index in [4.69, 9.17) is 10.7 Å². The van der Waals surface area contributed by atoms with Gasteiger partial charge in [0.1, 0.15) is 27.2 Å². The standard InChI is InChI=1S/C11H28N3O2/c1-4-5-7-10-14(3,16-13(2)15)11-8-6-9-12/h13H,4-12H2,1-3H3/q+1. The minimum atomic E-state index is -0.202. The van der Waals surface area contributed by atoms with Crippen LogP contribution in [-0.4, -0.2) is 38.4 Å². The first-order chi connectivity index (χ1) is 7.54. The van der Waals surface area contributed by atoms with Crippen molar-refractivity contribution in [2.75, 3.05) is 33.7 Å². The fourth-order valence-corrected chi connectivity index (χ4v) is 1.80. The van der Waals surface area contributed by atoms with E-state index in [0.29, 0.717) is 11.2 Å². The van der Waals surface area contributed by atoms with Gasteiger partial charge >= 0.3 is 0 Å². The maximum absolute atomic E-state index is 11.1. The van der Waals surface area contributed by atoms with Crippen LogP contribution >= 0.6 is 0 Å². The first-order valence-corrected chi connectivity index (χ1v) is 6.29. The van der Waals surface area contributed by atoms with Crippen LogP contribution < -0.4 is 11.0 Å². The second kappa shape index (κ2) is 8.90. The Morgan fingerprint density at radius 3 is 2.19 bits per heavy atom. The fourth-order valence-electron chi connectivity index (χ4n) is 1.80. The minimum Gasteiger partial charge on any atom is -0.596 e. The van der Waals surface area contributed by atoms with Crippen molar-refractivity contribution in [3.05, 3.63) is 5.21 Å². The number of unbranched alkanes of at least 4 members (excludes halogenated alkanes) is 3. The van der Waals surface area contributed by atoms with Crippen molar-refractivity contribution < 1.29 is 14.8 Å². The molecule has 0 aliphatic carbocycles. The molecule has 0 amide bonds. The van der Waals surface area contributed by atoms with E-state index in [0.717, 1.165) is 32.4 Å². The molecular weight excluding hydrogens is 206 g/mol. The van der Waals surface area contributed by atoms with E-state index in [9.17, 15) is 5.21 Å². The summed E-state index contributed by atoms with van der Waals surface area (Å²) in [6.45, 7) is 4.64. The molecule has 0 aromatic carbocycles. The zero-order valence-electron chi connectivity index (χ0n) is 11.0. The van der Waals surface area contributed by atoms with Gasteiger partial charge in [0.2, 0.25) is 0 Å². The van der Waals surface area contributed by atoms with Gasteiger partial charge in [0.05, 0.1) is 0 Å². The molecule has 0 bridgehead atoms. The summed E-state index contributed by atoms with van der Waals surface area (Å²) in [6.07, 6.45) is 5.47. The predicted octanol–water partition coefficient (Wildman–Crippen LogP) is 0.221. The summed E-state index contributed by atoms with van der Waals surface area (Å²) >= 11 is 0. The van der Waals surface area contributed by atoms with Crippen molar-refractivity contribution >= 4 is 0 Å². The topological polar surface area (TPSA) is 62.8 Å². The quantitative estimate of drug-likeness (QED) is 0.323. The predicted molar refractivity (Wildman–Crippen MR) is 65.1 cm³/mol. The molecule has 16 heavy (non-hydrogen) atoms. The van der Waals surface area contributed by atoms with Crippen molar-refractivity contribution in [2.24, 2.45) is 5.73 Å². The Balaban J connectivity index is 4.02. The molecule has 2 atom stereocenters. The summed E-state index contributed by atoms with van der Waals surface area (Å²) in [5, 5.41) is 10.9. The Bertz CT molecular complexity index is 155. The zero-order valence-corrected chi connectivity index (χ0v) is 11.0. The van der Waals surface area contributed by atoms with E-state index in [1.165, 1.54) is 19.9 Å². The Morgan fingerprint density at radius 2 is 1.75 bits per heavy atom. The molecule has 3 N–H and O–H groups in total. The van der Waals surface area contributed by atoms with Crippen molar-refractivity contribution in [3.8, 4) is 0 Å². The Kier molecular flexibility index (Phi) is 8.78. The van der Waals surface area contributed by atoms with Crippen LogP contribution in [0.1, 0.15) is 39.0 Å². The largest absolute Gasteiger partial charge is 0.596 e. The number of nitrogens with two attached hydrogens (primary N) is 1. The third-order valence-corrected chi connectivity index (χ3v) is 2.67. The number of hydrogen-bond donors (Lipinski definition) is 2. The van der Waals surface area contributed by atoms with E-state index >= 15 is 0 Å². The summed E-state index contributed by atoms with van der Waals surface area (Å²) in [7, 11) is 3.45. The second-order valence-corrected chi connectivity index (χ2v) is 4.53. The van der Waals surface area contributed by atoms with E-state index in [1.807, 2.05) is 7.05 Å². The summed E-state index contributed by atoms with van der Waals surface area (Å²) in [4.78, 5) is 5.39. The molecule has 0 fully saturated rings. The number of quaternary nitrogens is 2. The van der Waals surface area contributed by atoms with E-state index in [-0.39, 0.29) is 5.23 Å². The average molecular weight is 234 g/mol. The summed E-state index contributed by atoms with van der Waals surface area (Å²) in [5.41, 5.74) is 5.47. The molecule has 0 saturated heterocycles. The lowest BCUT2D eigenvalue weighted by molar-refractivity contribution is -1.32. The van der Waals surface area contributed by atoms with Crippen LogP contribution in [-0.2, 0) is 4.94 Å². The van der Waals surface area contributed by atoms with Crippen molar-refractivity contribution in [2.45, 2.75) is 39.0 Å². The number of hydrogen-bond acceptors (Lipinski definition) is 3. The Hall–Kier alpha value is -0.200. The van der Waals surface area contributed by atoms with E-state index < -0.39 is 0 Å². The van der Waals surface area contributed by atoms with E-state index in [1.54, 1.807) is 0 Å². The summed E-state index contributed by atoms with van der Waals surface area (Å²) in [6, 6.07) is 0. The minimum absolute atomic E-state index is 0.202.